The van der Waals surface area contributed by atoms with Crippen LogP contribution in [-0.2, 0) is 18.3 Å². The van der Waals surface area contributed by atoms with Crippen LogP contribution in [0, 0.1) is 0 Å². The van der Waals surface area contributed by atoms with Crippen molar-refractivity contribution in [1.82, 2.24) is 14.7 Å². The zero-order valence-corrected chi connectivity index (χ0v) is 12.3. The van der Waals surface area contributed by atoms with Crippen LogP contribution in [0.25, 0.3) is 0 Å². The summed E-state index contributed by atoms with van der Waals surface area (Å²) in [5, 5.41) is 4.11. The van der Waals surface area contributed by atoms with Gasteiger partial charge in [0.2, 0.25) is 5.91 Å². The summed E-state index contributed by atoms with van der Waals surface area (Å²) in [4.78, 5) is 14.0. The van der Waals surface area contributed by atoms with E-state index in [4.69, 9.17) is 0 Å². The number of aromatic nitrogens is 2. The minimum atomic E-state index is 0.0950. The molecule has 0 radical (unpaired) electrons. The summed E-state index contributed by atoms with van der Waals surface area (Å²) in [5.41, 5.74) is 2.26. The lowest BCUT2D eigenvalue weighted by Gasteiger charge is -2.25. The number of amides is 1. The lowest BCUT2D eigenvalue weighted by atomic mass is 10.1. The van der Waals surface area contributed by atoms with Crippen molar-refractivity contribution in [2.75, 3.05) is 7.05 Å². The van der Waals surface area contributed by atoms with Crippen molar-refractivity contribution in [2.45, 2.75) is 25.8 Å². The molecule has 4 heteroatoms. The van der Waals surface area contributed by atoms with Crippen molar-refractivity contribution < 1.29 is 4.79 Å². The maximum absolute atomic E-state index is 12.2. The molecule has 0 saturated heterocycles. The van der Waals surface area contributed by atoms with E-state index in [-0.39, 0.29) is 11.9 Å². The van der Waals surface area contributed by atoms with Gasteiger partial charge in [-0.1, -0.05) is 30.3 Å². The summed E-state index contributed by atoms with van der Waals surface area (Å²) in [6.07, 6.45) is 5.01. The second kappa shape index (κ2) is 6.37. The highest BCUT2D eigenvalue weighted by Crippen LogP contribution is 2.19. The van der Waals surface area contributed by atoms with Crippen LogP contribution < -0.4 is 0 Å². The maximum atomic E-state index is 12.2. The molecule has 2 rings (SSSR count). The predicted molar refractivity (Wildman–Crippen MR) is 79.2 cm³/mol. The number of hydrogen-bond acceptors (Lipinski definition) is 2. The first kappa shape index (κ1) is 14.3. The van der Waals surface area contributed by atoms with Crippen LogP contribution in [0.1, 0.15) is 30.5 Å². The van der Waals surface area contributed by atoms with E-state index in [0.29, 0.717) is 6.42 Å². The van der Waals surface area contributed by atoms with Crippen molar-refractivity contribution in [3.63, 3.8) is 0 Å². The highest BCUT2D eigenvalue weighted by molar-refractivity contribution is 5.76. The topological polar surface area (TPSA) is 38.1 Å². The summed E-state index contributed by atoms with van der Waals surface area (Å²) < 4.78 is 1.76. The molecule has 1 aromatic heterocycles. The summed E-state index contributed by atoms with van der Waals surface area (Å²) >= 11 is 0. The Labute approximate surface area is 120 Å². The first-order valence-electron chi connectivity index (χ1n) is 6.86. The first-order chi connectivity index (χ1) is 9.58. The third-order valence-corrected chi connectivity index (χ3v) is 3.64. The second-order valence-electron chi connectivity index (χ2n) is 5.11. The first-order valence-corrected chi connectivity index (χ1v) is 6.86. The summed E-state index contributed by atoms with van der Waals surface area (Å²) in [6.45, 7) is 2.05. The number of carbonyl (C=O) groups is 1. The van der Waals surface area contributed by atoms with E-state index in [1.165, 1.54) is 0 Å². The molecule has 1 aromatic carbocycles. The minimum Gasteiger partial charge on any atom is -0.339 e. The van der Waals surface area contributed by atoms with Gasteiger partial charge in [-0.3, -0.25) is 9.48 Å². The number of nitrogens with zero attached hydrogens (tertiary/aromatic N) is 3. The van der Waals surface area contributed by atoms with Crippen molar-refractivity contribution in [1.29, 1.82) is 0 Å². The molecule has 0 spiro atoms. The Balaban J connectivity index is 1.91. The number of carbonyl (C=O) groups excluding carboxylic acids is 1. The average Bonchev–Trinajstić information content (AvgIpc) is 2.89. The lowest BCUT2D eigenvalue weighted by Crippen LogP contribution is -2.29. The molecule has 1 amide bonds. The molecule has 0 N–H and O–H groups in total. The van der Waals surface area contributed by atoms with Gasteiger partial charge in [-0.25, -0.2) is 0 Å². The van der Waals surface area contributed by atoms with Gasteiger partial charge in [0.1, 0.15) is 0 Å². The second-order valence-corrected chi connectivity index (χ2v) is 5.11. The van der Waals surface area contributed by atoms with Gasteiger partial charge in [-0.05, 0) is 24.5 Å². The standard InChI is InChI=1S/C16H21N3O/c1-13(15-7-5-4-6-8-15)19(3)16(20)10-9-14-11-17-18(2)12-14/h4-8,11-13H,9-10H2,1-3H3. The van der Waals surface area contributed by atoms with Gasteiger partial charge in [0.15, 0.2) is 0 Å². The molecule has 1 heterocycles. The van der Waals surface area contributed by atoms with Crippen LogP contribution in [0.5, 0.6) is 0 Å². The van der Waals surface area contributed by atoms with E-state index >= 15 is 0 Å². The largest absolute Gasteiger partial charge is 0.339 e. The summed E-state index contributed by atoms with van der Waals surface area (Å²) in [6, 6.07) is 10.2. The van der Waals surface area contributed by atoms with E-state index in [9.17, 15) is 4.79 Å². The van der Waals surface area contributed by atoms with Gasteiger partial charge in [-0.15, -0.1) is 0 Å². The molecule has 4 nitrogen and oxygen atoms in total. The van der Waals surface area contributed by atoms with Crippen LogP contribution in [-0.4, -0.2) is 27.6 Å². The number of aryl methyl sites for hydroxylation is 2. The maximum Gasteiger partial charge on any atom is 0.223 e. The fraction of sp³-hybridized carbons (Fsp3) is 0.375. The average molecular weight is 271 g/mol. The number of hydrogen-bond donors (Lipinski definition) is 0. The van der Waals surface area contributed by atoms with Gasteiger partial charge >= 0.3 is 0 Å². The zero-order valence-electron chi connectivity index (χ0n) is 12.3. The van der Waals surface area contributed by atoms with E-state index in [1.54, 1.807) is 4.68 Å². The summed E-state index contributed by atoms with van der Waals surface area (Å²) in [5.74, 6) is 0.158. The molecule has 0 aliphatic heterocycles. The van der Waals surface area contributed by atoms with E-state index in [0.717, 1.165) is 17.5 Å². The van der Waals surface area contributed by atoms with Gasteiger partial charge in [0.05, 0.1) is 12.2 Å². The summed E-state index contributed by atoms with van der Waals surface area (Å²) in [7, 11) is 3.75. The highest BCUT2D eigenvalue weighted by Gasteiger charge is 2.16. The smallest absolute Gasteiger partial charge is 0.223 e. The fourth-order valence-corrected chi connectivity index (χ4v) is 2.20. The third kappa shape index (κ3) is 3.47. The highest BCUT2D eigenvalue weighted by atomic mass is 16.2. The molecule has 0 bridgehead atoms. The third-order valence-electron chi connectivity index (χ3n) is 3.64. The number of rotatable bonds is 5. The fourth-order valence-electron chi connectivity index (χ4n) is 2.20. The molecule has 1 atom stereocenters. The molecule has 20 heavy (non-hydrogen) atoms. The van der Waals surface area contributed by atoms with Crippen LogP contribution in [0.15, 0.2) is 42.7 Å². The lowest BCUT2D eigenvalue weighted by molar-refractivity contribution is -0.131. The van der Waals surface area contributed by atoms with E-state index in [2.05, 4.69) is 24.2 Å². The SMILES string of the molecule is CC(c1ccccc1)N(C)C(=O)CCc1cnn(C)c1. The molecular weight excluding hydrogens is 250 g/mol. The Hall–Kier alpha value is -2.10. The van der Waals surface area contributed by atoms with Crippen molar-refractivity contribution >= 4 is 5.91 Å². The van der Waals surface area contributed by atoms with Crippen molar-refractivity contribution in [3.8, 4) is 0 Å². The molecule has 0 fully saturated rings. The van der Waals surface area contributed by atoms with Crippen molar-refractivity contribution in [2.24, 2.45) is 7.05 Å². The van der Waals surface area contributed by atoms with Crippen molar-refractivity contribution in [3.05, 3.63) is 53.9 Å². The monoisotopic (exact) mass is 271 g/mol. The Bertz CT molecular complexity index is 562. The number of benzene rings is 1. The molecule has 2 aromatic rings. The Morgan fingerprint density at radius 1 is 1.35 bits per heavy atom. The Morgan fingerprint density at radius 2 is 2.05 bits per heavy atom. The minimum absolute atomic E-state index is 0.0950. The molecular formula is C16H21N3O. The van der Waals surface area contributed by atoms with E-state index < -0.39 is 0 Å². The zero-order chi connectivity index (χ0) is 14.5. The quantitative estimate of drug-likeness (QED) is 0.838. The molecule has 106 valence electrons. The van der Waals surface area contributed by atoms with Gasteiger partial charge in [-0.2, -0.15) is 5.10 Å². The van der Waals surface area contributed by atoms with Crippen LogP contribution in [0.2, 0.25) is 0 Å². The van der Waals surface area contributed by atoms with Crippen LogP contribution in [0.3, 0.4) is 0 Å². The molecule has 0 aliphatic carbocycles. The molecule has 0 aliphatic rings. The Kier molecular flexibility index (Phi) is 4.56. The van der Waals surface area contributed by atoms with Crippen LogP contribution >= 0.6 is 0 Å². The van der Waals surface area contributed by atoms with Gasteiger partial charge < -0.3 is 4.90 Å². The molecule has 1 unspecified atom stereocenters. The van der Waals surface area contributed by atoms with Gasteiger partial charge in [0, 0.05) is 26.7 Å². The predicted octanol–water partition coefficient (Wildman–Crippen LogP) is 2.57. The normalized spacial score (nSPS) is 12.2. The van der Waals surface area contributed by atoms with E-state index in [1.807, 2.05) is 49.6 Å². The van der Waals surface area contributed by atoms with Gasteiger partial charge in [0.25, 0.3) is 0 Å². The molecule has 0 saturated carbocycles. The Morgan fingerprint density at radius 3 is 2.65 bits per heavy atom. The van der Waals surface area contributed by atoms with Crippen LogP contribution in [0.4, 0.5) is 0 Å².